The van der Waals surface area contributed by atoms with Crippen molar-refractivity contribution in [1.82, 2.24) is 24.8 Å². The van der Waals surface area contributed by atoms with Crippen LogP contribution in [-0.4, -0.2) is 56.4 Å². The summed E-state index contributed by atoms with van der Waals surface area (Å²) in [6, 6.07) is 9.62. The third-order valence-corrected chi connectivity index (χ3v) is 7.07. The molecule has 1 N–H and O–H groups in total. The average Bonchev–Trinajstić information content (AvgIpc) is 3.68. The van der Waals surface area contributed by atoms with Crippen molar-refractivity contribution >= 4 is 46.2 Å². The molecule has 6 rings (SSSR count). The number of carbonyl (C=O) groups excluding carboxylic acids is 2. The fourth-order valence-corrected chi connectivity index (χ4v) is 5.10. The standard InChI is InChI=1S/C26H24N8O2S.H2/c35-25-2-1-7-33(25)21-5-3-18(4-6-21)23-13-29-24(14-28-23)31-19-10-22(12-27-11-19)34-9-8-32(26(34)36)15-20-16-37-17-30-20;/h3-6,10-14,16-17H,1-2,7-9,15H2,(H,29,31);1H. The second-order valence-electron chi connectivity index (χ2n) is 8.88. The fourth-order valence-electron chi connectivity index (χ4n) is 4.55. The van der Waals surface area contributed by atoms with E-state index in [9.17, 15) is 9.59 Å². The lowest BCUT2D eigenvalue weighted by Gasteiger charge is -2.18. The van der Waals surface area contributed by atoms with Gasteiger partial charge in [-0.25, -0.2) is 14.8 Å². The summed E-state index contributed by atoms with van der Waals surface area (Å²) in [5.41, 5.74) is 6.67. The Labute approximate surface area is 219 Å². The number of hydrogen-bond donors (Lipinski definition) is 1. The first-order valence-electron chi connectivity index (χ1n) is 12.0. The molecule has 37 heavy (non-hydrogen) atoms. The maximum Gasteiger partial charge on any atom is 0.325 e. The summed E-state index contributed by atoms with van der Waals surface area (Å²) in [5.74, 6) is 0.739. The lowest BCUT2D eigenvalue weighted by Crippen LogP contribution is -2.31. The summed E-state index contributed by atoms with van der Waals surface area (Å²) in [7, 11) is 0. The fraction of sp³-hybridized carbons (Fsp3) is 0.231. The molecule has 0 bridgehead atoms. The summed E-state index contributed by atoms with van der Waals surface area (Å²) in [6.45, 7) is 2.50. The van der Waals surface area contributed by atoms with E-state index >= 15 is 0 Å². The van der Waals surface area contributed by atoms with Gasteiger partial charge in [-0.2, -0.15) is 0 Å². The van der Waals surface area contributed by atoms with Crippen LogP contribution in [0.4, 0.5) is 27.7 Å². The quantitative estimate of drug-likeness (QED) is 0.385. The van der Waals surface area contributed by atoms with Crippen LogP contribution in [0.15, 0.2) is 66.0 Å². The molecule has 0 atom stereocenters. The third-order valence-electron chi connectivity index (χ3n) is 6.44. The lowest BCUT2D eigenvalue weighted by molar-refractivity contribution is -0.117. The van der Waals surface area contributed by atoms with Gasteiger partial charge in [-0.05, 0) is 24.6 Å². The van der Waals surface area contributed by atoms with E-state index in [1.165, 1.54) is 11.3 Å². The minimum atomic E-state index is -0.0591. The van der Waals surface area contributed by atoms with Gasteiger partial charge in [-0.15, -0.1) is 11.3 Å². The van der Waals surface area contributed by atoms with Crippen molar-refractivity contribution in [3.8, 4) is 11.3 Å². The molecule has 11 heteroatoms. The normalized spacial score (nSPS) is 15.6. The van der Waals surface area contributed by atoms with Crippen molar-refractivity contribution in [3.63, 3.8) is 0 Å². The van der Waals surface area contributed by atoms with E-state index in [0.717, 1.165) is 41.3 Å². The number of thiazole rings is 1. The van der Waals surface area contributed by atoms with Crippen LogP contribution >= 0.6 is 11.3 Å². The van der Waals surface area contributed by atoms with E-state index in [0.29, 0.717) is 37.6 Å². The highest BCUT2D eigenvalue weighted by Crippen LogP contribution is 2.27. The van der Waals surface area contributed by atoms with E-state index in [-0.39, 0.29) is 13.4 Å². The van der Waals surface area contributed by atoms with Crippen LogP contribution in [0.25, 0.3) is 11.3 Å². The summed E-state index contributed by atoms with van der Waals surface area (Å²) in [5, 5.41) is 5.18. The zero-order valence-electron chi connectivity index (χ0n) is 19.9. The van der Waals surface area contributed by atoms with Crippen LogP contribution in [0.3, 0.4) is 0 Å². The van der Waals surface area contributed by atoms with Gasteiger partial charge < -0.3 is 15.1 Å². The molecule has 3 amide bonds. The van der Waals surface area contributed by atoms with Gasteiger partial charge in [0.25, 0.3) is 0 Å². The molecule has 2 fully saturated rings. The van der Waals surface area contributed by atoms with E-state index in [4.69, 9.17) is 0 Å². The van der Waals surface area contributed by atoms with Crippen LogP contribution < -0.4 is 15.1 Å². The smallest absolute Gasteiger partial charge is 0.325 e. The largest absolute Gasteiger partial charge is 0.338 e. The van der Waals surface area contributed by atoms with E-state index in [2.05, 4.69) is 25.3 Å². The molecular formula is C26H26N8O2S. The van der Waals surface area contributed by atoms with Crippen LogP contribution in [0.2, 0.25) is 0 Å². The lowest BCUT2D eigenvalue weighted by atomic mass is 10.1. The Morgan fingerprint density at radius 1 is 0.919 bits per heavy atom. The molecule has 188 valence electrons. The Kier molecular flexibility index (Phi) is 6.19. The first kappa shape index (κ1) is 23.0. The topological polar surface area (TPSA) is 107 Å². The molecule has 10 nitrogen and oxygen atoms in total. The SMILES string of the molecule is O=C1CCCN1c1ccc(-c2cnc(Nc3cncc(N4CCN(Cc5cscn5)C4=O)c3)cn2)cc1.[HH]. The predicted molar refractivity (Wildman–Crippen MR) is 144 cm³/mol. The first-order chi connectivity index (χ1) is 18.1. The molecule has 1 aromatic carbocycles. The Hall–Kier alpha value is -4.38. The van der Waals surface area contributed by atoms with Crippen LogP contribution in [-0.2, 0) is 11.3 Å². The number of nitrogens with one attached hydrogen (secondary N) is 1. The Bertz CT molecular complexity index is 1420. The third kappa shape index (κ3) is 4.85. The van der Waals surface area contributed by atoms with Crippen molar-refractivity contribution in [1.29, 1.82) is 0 Å². The number of amides is 3. The van der Waals surface area contributed by atoms with Gasteiger partial charge in [0.15, 0.2) is 0 Å². The van der Waals surface area contributed by atoms with Crippen molar-refractivity contribution < 1.29 is 11.0 Å². The molecule has 0 saturated carbocycles. The molecule has 3 aromatic heterocycles. The van der Waals surface area contributed by atoms with Gasteiger partial charge in [-0.3, -0.25) is 19.7 Å². The molecule has 4 aromatic rings. The van der Waals surface area contributed by atoms with Gasteiger partial charge in [0.1, 0.15) is 5.82 Å². The molecule has 2 saturated heterocycles. The van der Waals surface area contributed by atoms with Crippen LogP contribution in [0, 0.1) is 0 Å². The highest BCUT2D eigenvalue weighted by molar-refractivity contribution is 7.07. The van der Waals surface area contributed by atoms with Crippen molar-refractivity contribution in [2.24, 2.45) is 0 Å². The van der Waals surface area contributed by atoms with Gasteiger partial charge in [0.05, 0.1) is 59.6 Å². The maximum atomic E-state index is 12.9. The highest BCUT2D eigenvalue weighted by atomic mass is 32.1. The van der Waals surface area contributed by atoms with E-state index in [1.54, 1.807) is 40.1 Å². The number of hydrogen-bond acceptors (Lipinski definition) is 8. The number of aromatic nitrogens is 4. The summed E-state index contributed by atoms with van der Waals surface area (Å²) in [4.78, 5) is 47.8. The number of nitrogens with zero attached hydrogens (tertiary/aromatic N) is 7. The number of rotatable bonds is 7. The molecule has 0 unspecified atom stereocenters. The van der Waals surface area contributed by atoms with Crippen LogP contribution in [0.5, 0.6) is 0 Å². The van der Waals surface area contributed by atoms with Crippen molar-refractivity contribution in [3.05, 3.63) is 71.7 Å². The van der Waals surface area contributed by atoms with Crippen LogP contribution in [0.1, 0.15) is 20.0 Å². The van der Waals surface area contributed by atoms with E-state index < -0.39 is 0 Å². The summed E-state index contributed by atoms with van der Waals surface area (Å²) in [6.07, 6.45) is 8.25. The first-order valence-corrected chi connectivity index (χ1v) is 13.0. The minimum absolute atomic E-state index is 0. The van der Waals surface area contributed by atoms with E-state index in [1.807, 2.05) is 40.6 Å². The van der Waals surface area contributed by atoms with Gasteiger partial charge in [0.2, 0.25) is 5.91 Å². The summed E-state index contributed by atoms with van der Waals surface area (Å²) >= 11 is 1.52. The second kappa shape index (κ2) is 9.94. The number of urea groups is 1. The van der Waals surface area contributed by atoms with Crippen molar-refractivity contribution in [2.45, 2.75) is 19.4 Å². The maximum absolute atomic E-state index is 12.9. The number of pyridine rings is 1. The monoisotopic (exact) mass is 514 g/mol. The second-order valence-corrected chi connectivity index (χ2v) is 9.59. The molecule has 0 radical (unpaired) electrons. The Morgan fingerprint density at radius 2 is 1.81 bits per heavy atom. The molecule has 2 aliphatic rings. The minimum Gasteiger partial charge on any atom is -0.338 e. The summed E-state index contributed by atoms with van der Waals surface area (Å²) < 4.78 is 0. The zero-order chi connectivity index (χ0) is 25.2. The van der Waals surface area contributed by atoms with Crippen molar-refractivity contribution in [2.75, 3.05) is 34.8 Å². The van der Waals surface area contributed by atoms with Gasteiger partial charge in [0, 0.05) is 44.1 Å². The number of carbonyl (C=O) groups is 2. The van der Waals surface area contributed by atoms with Gasteiger partial charge >= 0.3 is 6.03 Å². The molecular weight excluding hydrogens is 488 g/mol. The predicted octanol–water partition coefficient (Wildman–Crippen LogP) is 4.55. The zero-order valence-corrected chi connectivity index (χ0v) is 20.8. The molecule has 5 heterocycles. The average molecular weight is 515 g/mol. The molecule has 2 aliphatic heterocycles. The Morgan fingerprint density at radius 3 is 2.54 bits per heavy atom. The molecule has 0 aliphatic carbocycles. The highest BCUT2D eigenvalue weighted by Gasteiger charge is 2.30. The Balaban J connectivity index is 0.00000294. The number of benzene rings is 1. The molecule has 0 spiro atoms. The van der Waals surface area contributed by atoms with Gasteiger partial charge in [-0.1, -0.05) is 12.1 Å². The number of anilines is 4.